The van der Waals surface area contributed by atoms with E-state index in [1.165, 1.54) is 24.4 Å². The molecule has 8 heteroatoms. The molecule has 0 unspecified atom stereocenters. The largest absolute Gasteiger partial charge is 0.335 e. The Kier molecular flexibility index (Phi) is 5.49. The predicted molar refractivity (Wildman–Crippen MR) is 86.2 cm³/mol. The predicted octanol–water partition coefficient (Wildman–Crippen LogP) is 3.65. The summed E-state index contributed by atoms with van der Waals surface area (Å²) in [5.41, 5.74) is -0.0167. The van der Waals surface area contributed by atoms with Crippen molar-refractivity contribution in [2.24, 2.45) is 0 Å². The molecule has 0 amide bonds. The van der Waals surface area contributed by atoms with Crippen molar-refractivity contribution in [2.45, 2.75) is 19.8 Å². The number of rotatable bonds is 7. The number of nitrogens with one attached hydrogen (secondary N) is 2. The van der Waals surface area contributed by atoms with Crippen molar-refractivity contribution in [2.75, 3.05) is 15.8 Å². The van der Waals surface area contributed by atoms with E-state index in [-0.39, 0.29) is 17.3 Å². The lowest BCUT2D eigenvalue weighted by Crippen LogP contribution is -2.16. The van der Waals surface area contributed by atoms with Gasteiger partial charge in [-0.1, -0.05) is 19.4 Å². The minimum Gasteiger partial charge on any atom is -0.335 e. The zero-order valence-corrected chi connectivity index (χ0v) is 13.3. The molecule has 0 bridgehead atoms. The van der Waals surface area contributed by atoms with Gasteiger partial charge in [-0.25, -0.2) is 22.2 Å². The molecule has 0 fully saturated rings. The van der Waals surface area contributed by atoms with Crippen LogP contribution in [0, 0.1) is 11.6 Å². The second kappa shape index (κ2) is 7.36. The number of anilines is 3. The molecule has 0 atom stereocenters. The second-order valence-electron chi connectivity index (χ2n) is 4.93. The number of unbranched alkanes of at least 4 members (excludes halogenated alkanes) is 1. The summed E-state index contributed by atoms with van der Waals surface area (Å²) in [7, 11) is -3.41. The maximum absolute atomic E-state index is 13.5. The Labute approximate surface area is 133 Å². The van der Waals surface area contributed by atoms with Gasteiger partial charge in [0.2, 0.25) is 10.0 Å². The first kappa shape index (κ1) is 17.1. The fourth-order valence-electron chi connectivity index (χ4n) is 1.84. The summed E-state index contributed by atoms with van der Waals surface area (Å²) in [4.78, 5) is 3.95. The van der Waals surface area contributed by atoms with E-state index in [1.807, 2.05) is 6.92 Å². The first-order valence-electron chi connectivity index (χ1n) is 7.09. The number of hydrogen-bond acceptors (Lipinski definition) is 4. The molecule has 5 nitrogen and oxygen atoms in total. The monoisotopic (exact) mass is 341 g/mol. The van der Waals surface area contributed by atoms with Gasteiger partial charge in [0, 0.05) is 0 Å². The van der Waals surface area contributed by atoms with Crippen molar-refractivity contribution >= 4 is 27.2 Å². The van der Waals surface area contributed by atoms with Crippen molar-refractivity contribution < 1.29 is 17.2 Å². The Morgan fingerprint density at radius 1 is 1.13 bits per heavy atom. The van der Waals surface area contributed by atoms with Crippen molar-refractivity contribution in [3.05, 3.63) is 48.2 Å². The van der Waals surface area contributed by atoms with Crippen LogP contribution >= 0.6 is 0 Å². The van der Waals surface area contributed by atoms with Crippen LogP contribution < -0.4 is 10.0 Å². The quantitative estimate of drug-likeness (QED) is 0.806. The number of para-hydroxylation sites is 1. The molecule has 0 saturated heterocycles. The van der Waals surface area contributed by atoms with Gasteiger partial charge in [-0.15, -0.1) is 0 Å². The van der Waals surface area contributed by atoms with Gasteiger partial charge in [-0.3, -0.25) is 4.72 Å². The minimum absolute atomic E-state index is 0.0317. The second-order valence-corrected chi connectivity index (χ2v) is 6.77. The zero-order valence-electron chi connectivity index (χ0n) is 12.5. The molecule has 0 aliphatic rings. The molecule has 2 rings (SSSR count). The highest BCUT2D eigenvalue weighted by molar-refractivity contribution is 7.92. The normalized spacial score (nSPS) is 11.3. The van der Waals surface area contributed by atoms with Crippen molar-refractivity contribution in [3.8, 4) is 0 Å². The maximum Gasteiger partial charge on any atom is 0.232 e. The van der Waals surface area contributed by atoms with Crippen LogP contribution in [0.1, 0.15) is 19.8 Å². The lowest BCUT2D eigenvalue weighted by Gasteiger charge is -2.10. The molecular formula is C15H17F2N3O2S. The molecule has 2 N–H and O–H groups in total. The number of sulfonamides is 1. The SMILES string of the molecule is CCCCS(=O)(=O)Nc1ccc(Nc2c(F)cccc2F)nc1. The van der Waals surface area contributed by atoms with Crippen LogP contribution in [0.15, 0.2) is 36.5 Å². The highest BCUT2D eigenvalue weighted by Crippen LogP contribution is 2.22. The van der Waals surface area contributed by atoms with E-state index in [9.17, 15) is 17.2 Å². The third-order valence-corrected chi connectivity index (χ3v) is 4.39. The summed E-state index contributed by atoms with van der Waals surface area (Å²) < 4.78 is 53.0. The number of pyridine rings is 1. The molecule has 23 heavy (non-hydrogen) atoms. The summed E-state index contributed by atoms with van der Waals surface area (Å²) in [6.45, 7) is 1.90. The molecule has 0 spiro atoms. The molecule has 0 aliphatic heterocycles. The summed E-state index contributed by atoms with van der Waals surface area (Å²) in [5, 5.41) is 2.53. The molecule has 1 heterocycles. The maximum atomic E-state index is 13.5. The third-order valence-electron chi connectivity index (χ3n) is 3.02. The Balaban J connectivity index is 2.08. The first-order chi connectivity index (χ1) is 10.9. The first-order valence-corrected chi connectivity index (χ1v) is 8.74. The van der Waals surface area contributed by atoms with Gasteiger partial charge >= 0.3 is 0 Å². The van der Waals surface area contributed by atoms with E-state index in [4.69, 9.17) is 0 Å². The highest BCUT2D eigenvalue weighted by Gasteiger charge is 2.11. The van der Waals surface area contributed by atoms with Crippen molar-refractivity contribution in [1.82, 2.24) is 4.98 Å². The lowest BCUT2D eigenvalue weighted by atomic mass is 10.3. The van der Waals surface area contributed by atoms with E-state index >= 15 is 0 Å². The summed E-state index contributed by atoms with van der Waals surface area (Å²) in [6.07, 6.45) is 2.62. The minimum atomic E-state index is -3.41. The smallest absolute Gasteiger partial charge is 0.232 e. The molecule has 2 aromatic rings. The summed E-state index contributed by atoms with van der Waals surface area (Å²) in [6, 6.07) is 6.42. The van der Waals surface area contributed by atoms with Crippen LogP contribution in [0.25, 0.3) is 0 Å². The van der Waals surface area contributed by atoms with Gasteiger partial charge in [-0.05, 0) is 30.7 Å². The average Bonchev–Trinajstić information content (AvgIpc) is 2.50. The Morgan fingerprint density at radius 3 is 2.39 bits per heavy atom. The molecule has 124 valence electrons. The standard InChI is InChI=1S/C15H17F2N3O2S/c1-2-3-9-23(21,22)20-11-7-8-14(18-10-11)19-15-12(16)5-4-6-13(15)17/h4-8,10,20H,2-3,9H2,1H3,(H,18,19). The van der Waals surface area contributed by atoms with Gasteiger partial charge in [0.15, 0.2) is 0 Å². The summed E-state index contributed by atoms with van der Waals surface area (Å²) >= 11 is 0. The molecule has 1 aromatic carbocycles. The lowest BCUT2D eigenvalue weighted by molar-refractivity contribution is 0.590. The number of benzene rings is 1. The third kappa shape index (κ3) is 4.88. The number of hydrogen-bond donors (Lipinski definition) is 2. The Hall–Kier alpha value is -2.22. The van der Waals surface area contributed by atoms with Crippen LogP contribution in [-0.4, -0.2) is 19.2 Å². The molecule has 0 aliphatic carbocycles. The van der Waals surface area contributed by atoms with Crippen LogP contribution in [0.4, 0.5) is 26.0 Å². The van der Waals surface area contributed by atoms with Crippen LogP contribution in [0.2, 0.25) is 0 Å². The topological polar surface area (TPSA) is 71.1 Å². The van der Waals surface area contributed by atoms with Crippen molar-refractivity contribution in [3.63, 3.8) is 0 Å². The van der Waals surface area contributed by atoms with Crippen LogP contribution in [-0.2, 0) is 10.0 Å². The van der Waals surface area contributed by atoms with Crippen LogP contribution in [0.5, 0.6) is 0 Å². The van der Waals surface area contributed by atoms with Gasteiger partial charge in [0.05, 0.1) is 17.6 Å². The van der Waals surface area contributed by atoms with E-state index < -0.39 is 21.7 Å². The molecule has 0 saturated carbocycles. The molecule has 0 radical (unpaired) electrons. The molecular weight excluding hydrogens is 324 g/mol. The highest BCUT2D eigenvalue weighted by atomic mass is 32.2. The average molecular weight is 341 g/mol. The summed E-state index contributed by atoms with van der Waals surface area (Å²) in [5.74, 6) is -1.25. The van der Waals surface area contributed by atoms with Gasteiger partial charge in [0.25, 0.3) is 0 Å². The number of aromatic nitrogens is 1. The Bertz CT molecular complexity index is 745. The van der Waals surface area contributed by atoms with Gasteiger partial charge in [0.1, 0.15) is 23.1 Å². The fourth-order valence-corrected chi connectivity index (χ4v) is 3.09. The van der Waals surface area contributed by atoms with Crippen molar-refractivity contribution in [1.29, 1.82) is 0 Å². The Morgan fingerprint density at radius 2 is 1.83 bits per heavy atom. The van der Waals surface area contributed by atoms with E-state index in [0.29, 0.717) is 12.1 Å². The van der Waals surface area contributed by atoms with E-state index in [2.05, 4.69) is 15.0 Å². The number of nitrogens with zero attached hydrogens (tertiary/aromatic N) is 1. The van der Waals surface area contributed by atoms with Gasteiger partial charge in [-0.2, -0.15) is 0 Å². The van der Waals surface area contributed by atoms with Crippen LogP contribution in [0.3, 0.4) is 0 Å². The zero-order chi connectivity index (χ0) is 16.9. The fraction of sp³-hybridized carbons (Fsp3) is 0.267. The molecule has 1 aromatic heterocycles. The van der Waals surface area contributed by atoms with E-state index in [1.54, 1.807) is 0 Å². The number of halogens is 2. The van der Waals surface area contributed by atoms with Gasteiger partial charge < -0.3 is 5.32 Å². The van der Waals surface area contributed by atoms with E-state index in [0.717, 1.165) is 18.6 Å².